The zero-order valence-corrected chi connectivity index (χ0v) is 12.6. The van der Waals surface area contributed by atoms with Crippen LogP contribution in [0.1, 0.15) is 16.0 Å². The molecule has 0 N–H and O–H groups in total. The van der Waals surface area contributed by atoms with E-state index >= 15 is 0 Å². The Hall–Kier alpha value is -0.380. The molecular formula is C13H8Br2ClF. The first-order valence-electron chi connectivity index (χ1n) is 4.92. The molecule has 0 spiro atoms. The van der Waals surface area contributed by atoms with Crippen molar-refractivity contribution in [2.45, 2.75) is 4.83 Å². The second kappa shape index (κ2) is 5.51. The Kier molecular flexibility index (Phi) is 4.23. The second-order valence-electron chi connectivity index (χ2n) is 3.58. The number of rotatable bonds is 2. The van der Waals surface area contributed by atoms with Crippen LogP contribution in [0.3, 0.4) is 0 Å². The van der Waals surface area contributed by atoms with E-state index in [9.17, 15) is 4.39 Å². The van der Waals surface area contributed by atoms with Gasteiger partial charge in [0.15, 0.2) is 0 Å². The van der Waals surface area contributed by atoms with Crippen LogP contribution in [-0.4, -0.2) is 0 Å². The van der Waals surface area contributed by atoms with Gasteiger partial charge in [0.1, 0.15) is 5.82 Å². The van der Waals surface area contributed by atoms with Gasteiger partial charge in [-0.15, -0.1) is 0 Å². The van der Waals surface area contributed by atoms with Gasteiger partial charge in [0.25, 0.3) is 0 Å². The minimum Gasteiger partial charge on any atom is -0.207 e. The van der Waals surface area contributed by atoms with Crippen molar-refractivity contribution in [2.24, 2.45) is 0 Å². The van der Waals surface area contributed by atoms with Crippen LogP contribution in [-0.2, 0) is 0 Å². The Morgan fingerprint density at radius 3 is 2.35 bits per heavy atom. The van der Waals surface area contributed by atoms with E-state index in [0.29, 0.717) is 5.02 Å². The fourth-order valence-electron chi connectivity index (χ4n) is 1.52. The molecular weight excluding hydrogens is 370 g/mol. The smallest absolute Gasteiger partial charge is 0.123 e. The van der Waals surface area contributed by atoms with Gasteiger partial charge in [-0.3, -0.25) is 0 Å². The number of hydrogen-bond donors (Lipinski definition) is 0. The van der Waals surface area contributed by atoms with Crippen molar-refractivity contribution in [3.05, 3.63) is 68.9 Å². The molecule has 0 fully saturated rings. The third kappa shape index (κ3) is 3.09. The lowest BCUT2D eigenvalue weighted by Gasteiger charge is -2.13. The molecule has 1 unspecified atom stereocenters. The third-order valence-electron chi connectivity index (χ3n) is 2.39. The van der Waals surface area contributed by atoms with Gasteiger partial charge < -0.3 is 0 Å². The molecule has 0 aliphatic rings. The summed E-state index contributed by atoms with van der Waals surface area (Å²) in [6.07, 6.45) is 0. The van der Waals surface area contributed by atoms with Gasteiger partial charge in [-0.25, -0.2) is 4.39 Å². The lowest BCUT2D eigenvalue weighted by molar-refractivity contribution is 0.625. The summed E-state index contributed by atoms with van der Waals surface area (Å²) in [5.41, 5.74) is 1.88. The van der Waals surface area contributed by atoms with Crippen LogP contribution in [0.4, 0.5) is 4.39 Å². The Balaban J connectivity index is 2.39. The highest BCUT2D eigenvalue weighted by Crippen LogP contribution is 2.36. The summed E-state index contributed by atoms with van der Waals surface area (Å²) >= 11 is 12.8. The molecule has 0 heterocycles. The fraction of sp³-hybridized carbons (Fsp3) is 0.0769. The molecule has 17 heavy (non-hydrogen) atoms. The minimum absolute atomic E-state index is 0.0650. The van der Waals surface area contributed by atoms with Crippen LogP contribution in [0.2, 0.25) is 5.02 Å². The molecule has 0 saturated carbocycles. The van der Waals surface area contributed by atoms with E-state index in [0.717, 1.165) is 15.6 Å². The highest BCUT2D eigenvalue weighted by atomic mass is 79.9. The van der Waals surface area contributed by atoms with E-state index < -0.39 is 0 Å². The van der Waals surface area contributed by atoms with Crippen molar-refractivity contribution in [3.63, 3.8) is 0 Å². The summed E-state index contributed by atoms with van der Waals surface area (Å²) in [6.45, 7) is 0. The molecule has 0 radical (unpaired) electrons. The van der Waals surface area contributed by atoms with Crippen molar-refractivity contribution in [1.82, 2.24) is 0 Å². The summed E-state index contributed by atoms with van der Waals surface area (Å²) in [5.74, 6) is -0.249. The van der Waals surface area contributed by atoms with Crippen molar-refractivity contribution >= 4 is 43.5 Å². The molecule has 0 aromatic heterocycles. The van der Waals surface area contributed by atoms with Gasteiger partial charge in [0.2, 0.25) is 0 Å². The van der Waals surface area contributed by atoms with Crippen molar-refractivity contribution < 1.29 is 4.39 Å². The number of alkyl halides is 1. The van der Waals surface area contributed by atoms with Gasteiger partial charge >= 0.3 is 0 Å². The average Bonchev–Trinajstić information content (AvgIpc) is 2.32. The van der Waals surface area contributed by atoms with Crippen LogP contribution in [0.25, 0.3) is 0 Å². The van der Waals surface area contributed by atoms with E-state index in [1.807, 2.05) is 24.3 Å². The molecule has 0 aliphatic heterocycles. The summed E-state index contributed by atoms with van der Waals surface area (Å²) in [7, 11) is 0. The predicted molar refractivity (Wildman–Crippen MR) is 76.3 cm³/mol. The maximum atomic E-state index is 13.2. The first kappa shape index (κ1) is 13.1. The van der Waals surface area contributed by atoms with E-state index in [1.165, 1.54) is 12.1 Å². The van der Waals surface area contributed by atoms with E-state index in [-0.39, 0.29) is 10.6 Å². The minimum atomic E-state index is -0.249. The Morgan fingerprint density at radius 1 is 1.06 bits per heavy atom. The van der Waals surface area contributed by atoms with Crippen LogP contribution in [0, 0.1) is 5.82 Å². The maximum Gasteiger partial charge on any atom is 0.123 e. The zero-order chi connectivity index (χ0) is 12.4. The first-order chi connectivity index (χ1) is 8.08. The van der Waals surface area contributed by atoms with E-state index in [2.05, 4.69) is 31.9 Å². The fourth-order valence-corrected chi connectivity index (χ4v) is 3.11. The molecule has 0 aliphatic carbocycles. The molecule has 4 heteroatoms. The van der Waals surface area contributed by atoms with Gasteiger partial charge in [-0.1, -0.05) is 55.6 Å². The molecule has 0 bridgehead atoms. The van der Waals surface area contributed by atoms with Crippen LogP contribution >= 0.6 is 43.5 Å². The van der Waals surface area contributed by atoms with Gasteiger partial charge in [0, 0.05) is 9.50 Å². The summed E-state index contributed by atoms with van der Waals surface area (Å²) in [6, 6.07) is 12.1. The number of benzene rings is 2. The highest BCUT2D eigenvalue weighted by molar-refractivity contribution is 9.11. The Morgan fingerprint density at radius 2 is 1.71 bits per heavy atom. The molecule has 2 aromatic carbocycles. The Bertz CT molecular complexity index is 525. The van der Waals surface area contributed by atoms with Gasteiger partial charge in [-0.2, -0.15) is 0 Å². The summed E-state index contributed by atoms with van der Waals surface area (Å²) in [5, 5.41) is 0.687. The largest absolute Gasteiger partial charge is 0.207 e. The quantitative estimate of drug-likeness (QED) is 0.586. The molecule has 0 nitrogen and oxygen atoms in total. The van der Waals surface area contributed by atoms with Crippen LogP contribution in [0.15, 0.2) is 46.9 Å². The van der Waals surface area contributed by atoms with Crippen molar-refractivity contribution in [1.29, 1.82) is 0 Å². The Labute approximate surface area is 121 Å². The number of hydrogen-bond acceptors (Lipinski definition) is 0. The maximum absolute atomic E-state index is 13.2. The normalized spacial score (nSPS) is 12.5. The summed E-state index contributed by atoms with van der Waals surface area (Å²) in [4.78, 5) is -0.0650. The lowest BCUT2D eigenvalue weighted by Crippen LogP contribution is -1.94. The topological polar surface area (TPSA) is 0 Å². The SMILES string of the molecule is Fc1ccc(Br)c(C(Br)c2ccc(Cl)cc2)c1. The lowest BCUT2D eigenvalue weighted by atomic mass is 10.0. The van der Waals surface area contributed by atoms with E-state index in [1.54, 1.807) is 6.07 Å². The van der Waals surface area contributed by atoms with Gasteiger partial charge in [-0.05, 0) is 41.5 Å². The molecule has 2 rings (SSSR count). The molecule has 0 saturated heterocycles. The second-order valence-corrected chi connectivity index (χ2v) is 5.79. The van der Waals surface area contributed by atoms with Gasteiger partial charge in [0.05, 0.1) is 4.83 Å². The first-order valence-corrected chi connectivity index (χ1v) is 7.01. The summed E-state index contributed by atoms with van der Waals surface area (Å²) < 4.78 is 14.1. The third-order valence-corrected chi connectivity index (χ3v) is 4.39. The average molecular weight is 378 g/mol. The van der Waals surface area contributed by atoms with Crippen LogP contribution < -0.4 is 0 Å². The molecule has 2 aromatic rings. The molecule has 1 atom stereocenters. The van der Waals surface area contributed by atoms with E-state index in [4.69, 9.17) is 11.6 Å². The predicted octanol–water partition coefficient (Wildman–Crippen LogP) is 5.73. The molecule has 0 amide bonds. The zero-order valence-electron chi connectivity index (χ0n) is 8.63. The van der Waals surface area contributed by atoms with Crippen LogP contribution in [0.5, 0.6) is 0 Å². The number of halogens is 4. The van der Waals surface area contributed by atoms with Crippen molar-refractivity contribution in [3.8, 4) is 0 Å². The van der Waals surface area contributed by atoms with Crippen molar-refractivity contribution in [2.75, 3.05) is 0 Å². The highest BCUT2D eigenvalue weighted by Gasteiger charge is 2.14. The standard InChI is InChI=1S/C13H8Br2ClF/c14-12-6-5-10(17)7-11(12)13(15)8-1-3-9(16)4-2-8/h1-7,13H. The molecule has 88 valence electrons. The monoisotopic (exact) mass is 376 g/mol.